The van der Waals surface area contributed by atoms with Gasteiger partial charge in [0.05, 0.1) is 5.69 Å². The number of aryl methyl sites for hydroxylation is 1. The van der Waals surface area contributed by atoms with Crippen LogP contribution in [0.15, 0.2) is 53.2 Å². The van der Waals surface area contributed by atoms with Crippen molar-refractivity contribution in [2.45, 2.75) is 38.5 Å². The number of hydrogen-bond donors (Lipinski definition) is 2. The van der Waals surface area contributed by atoms with Crippen molar-refractivity contribution < 1.29 is 15.0 Å². The second-order valence-electron chi connectivity index (χ2n) is 7.56. The van der Waals surface area contributed by atoms with E-state index in [0.29, 0.717) is 18.5 Å². The lowest BCUT2D eigenvalue weighted by atomic mass is 9.83. The Kier molecular flexibility index (Phi) is 4.13. The molecule has 0 atom stereocenters. The van der Waals surface area contributed by atoms with E-state index in [0.717, 1.165) is 40.9 Å². The van der Waals surface area contributed by atoms with Crippen LogP contribution in [0.5, 0.6) is 0 Å². The number of benzene rings is 2. The quantitative estimate of drug-likeness (QED) is 0.577. The zero-order valence-corrected chi connectivity index (χ0v) is 16.3. The number of rotatable bonds is 2. The second-order valence-corrected chi connectivity index (χ2v) is 8.48. The third-order valence-corrected chi connectivity index (χ3v) is 6.95. The van der Waals surface area contributed by atoms with Crippen molar-refractivity contribution in [3.63, 3.8) is 0 Å². The van der Waals surface area contributed by atoms with Crippen LogP contribution in [0.3, 0.4) is 0 Å². The third-order valence-electron chi connectivity index (χ3n) is 5.94. The van der Waals surface area contributed by atoms with Crippen LogP contribution < -0.4 is 4.90 Å². The maximum atomic E-state index is 12.0. The fraction of sp³-hybridized carbons (Fsp3) is 0.261. The molecule has 5 heteroatoms. The van der Waals surface area contributed by atoms with Crippen LogP contribution in [0.4, 0.5) is 10.5 Å². The van der Waals surface area contributed by atoms with Gasteiger partial charge in [0, 0.05) is 17.5 Å². The Morgan fingerprint density at radius 2 is 1.89 bits per heavy atom. The molecule has 1 aliphatic heterocycles. The largest absolute Gasteiger partial charge is 0.494 e. The van der Waals surface area contributed by atoms with Gasteiger partial charge in [0.15, 0.2) is 0 Å². The van der Waals surface area contributed by atoms with E-state index < -0.39 is 6.09 Å². The molecule has 4 nitrogen and oxygen atoms in total. The second kappa shape index (κ2) is 6.67. The van der Waals surface area contributed by atoms with Crippen LogP contribution in [0.25, 0.3) is 10.1 Å². The first-order valence-electron chi connectivity index (χ1n) is 9.66. The summed E-state index contributed by atoms with van der Waals surface area (Å²) in [5, 5.41) is 24.0. The summed E-state index contributed by atoms with van der Waals surface area (Å²) < 4.78 is 1.21. The van der Waals surface area contributed by atoms with E-state index in [2.05, 4.69) is 17.5 Å². The predicted octanol–water partition coefficient (Wildman–Crippen LogP) is 5.83. The fourth-order valence-electron chi connectivity index (χ4n) is 4.60. The van der Waals surface area contributed by atoms with E-state index >= 15 is 0 Å². The van der Waals surface area contributed by atoms with Gasteiger partial charge in [0.1, 0.15) is 0 Å². The van der Waals surface area contributed by atoms with Gasteiger partial charge in [0.2, 0.25) is 5.88 Å². The minimum atomic E-state index is -1.14. The highest BCUT2D eigenvalue weighted by Crippen LogP contribution is 2.40. The molecular formula is C23H21NO3S. The van der Waals surface area contributed by atoms with Gasteiger partial charge in [-0.2, -0.15) is 0 Å². The van der Waals surface area contributed by atoms with Crippen molar-refractivity contribution in [1.82, 2.24) is 0 Å². The number of thiophene rings is 1. The highest BCUT2D eigenvalue weighted by atomic mass is 32.1. The number of fused-ring (bicyclic) bond motifs is 4. The van der Waals surface area contributed by atoms with Crippen molar-refractivity contribution in [3.05, 3.63) is 75.5 Å². The van der Waals surface area contributed by atoms with Crippen molar-refractivity contribution in [1.29, 1.82) is 0 Å². The lowest BCUT2D eigenvalue weighted by Gasteiger charge is -2.32. The van der Waals surface area contributed by atoms with Crippen molar-refractivity contribution in [2.75, 3.05) is 4.90 Å². The van der Waals surface area contributed by atoms with Crippen molar-refractivity contribution in [2.24, 2.45) is 0 Å². The summed E-state index contributed by atoms with van der Waals surface area (Å²) in [6.07, 6.45) is 4.39. The SMILES string of the molecule is O=C(O)N1C(O)=C(Cc2csc3ccccc23)Cc2c1ccc1c2CCCC1. The molecule has 142 valence electrons. The monoisotopic (exact) mass is 391 g/mol. The van der Waals surface area contributed by atoms with E-state index in [9.17, 15) is 15.0 Å². The molecule has 2 N–H and O–H groups in total. The average molecular weight is 391 g/mol. The zero-order chi connectivity index (χ0) is 19.3. The Bertz CT molecular complexity index is 1130. The first kappa shape index (κ1) is 17.3. The van der Waals surface area contributed by atoms with Gasteiger partial charge < -0.3 is 10.2 Å². The van der Waals surface area contributed by atoms with E-state index in [4.69, 9.17) is 0 Å². The molecule has 5 rings (SSSR count). The molecule has 2 aromatic carbocycles. The van der Waals surface area contributed by atoms with Crippen LogP contribution in [-0.2, 0) is 25.7 Å². The van der Waals surface area contributed by atoms with Gasteiger partial charge in [-0.1, -0.05) is 24.3 Å². The summed E-state index contributed by atoms with van der Waals surface area (Å²) in [5.74, 6) is -0.133. The minimum Gasteiger partial charge on any atom is -0.494 e. The normalized spacial score (nSPS) is 16.2. The first-order chi connectivity index (χ1) is 13.6. The molecule has 0 fully saturated rings. The summed E-state index contributed by atoms with van der Waals surface area (Å²) in [6, 6.07) is 12.1. The Balaban J connectivity index is 1.61. The van der Waals surface area contributed by atoms with Gasteiger partial charge in [-0.3, -0.25) is 0 Å². The molecule has 2 heterocycles. The van der Waals surface area contributed by atoms with Gasteiger partial charge in [-0.05, 0) is 76.4 Å². The molecule has 0 radical (unpaired) electrons. The minimum absolute atomic E-state index is 0.133. The van der Waals surface area contributed by atoms with Gasteiger partial charge in [-0.25, -0.2) is 9.69 Å². The van der Waals surface area contributed by atoms with Crippen LogP contribution >= 0.6 is 11.3 Å². The Labute approximate surface area is 167 Å². The summed E-state index contributed by atoms with van der Waals surface area (Å²) in [6.45, 7) is 0. The number of anilines is 1. The summed E-state index contributed by atoms with van der Waals surface area (Å²) >= 11 is 1.69. The molecule has 0 saturated heterocycles. The summed E-state index contributed by atoms with van der Waals surface area (Å²) in [7, 11) is 0. The molecule has 1 aromatic heterocycles. The highest BCUT2D eigenvalue weighted by molar-refractivity contribution is 7.17. The molecule has 0 bridgehead atoms. The van der Waals surface area contributed by atoms with Crippen LogP contribution in [0.1, 0.15) is 35.1 Å². The van der Waals surface area contributed by atoms with Crippen LogP contribution in [0, 0.1) is 0 Å². The maximum Gasteiger partial charge on any atom is 0.418 e. The standard InChI is InChI=1S/C23H21NO3S/c25-22-15(11-16-13-28-21-8-4-3-7-18(16)21)12-19-17-6-2-1-5-14(17)9-10-20(19)24(22)23(26)27/h3-4,7-10,13,25H,1-2,5-6,11-12H2,(H,26,27). The number of aliphatic hydroxyl groups is 1. The van der Waals surface area contributed by atoms with Crippen LogP contribution in [-0.4, -0.2) is 16.3 Å². The molecule has 1 amide bonds. The zero-order valence-electron chi connectivity index (χ0n) is 15.4. The molecule has 28 heavy (non-hydrogen) atoms. The lowest BCUT2D eigenvalue weighted by Crippen LogP contribution is -2.34. The number of hydrogen-bond acceptors (Lipinski definition) is 3. The third kappa shape index (κ3) is 2.69. The van der Waals surface area contributed by atoms with Gasteiger partial charge >= 0.3 is 6.09 Å². The van der Waals surface area contributed by atoms with Crippen molar-refractivity contribution >= 4 is 33.2 Å². The number of allylic oxidation sites excluding steroid dienone is 1. The summed E-state index contributed by atoms with van der Waals surface area (Å²) in [5.41, 5.74) is 6.22. The topological polar surface area (TPSA) is 60.8 Å². The number of carboxylic acid groups (broad SMARTS) is 1. The first-order valence-corrected chi connectivity index (χ1v) is 10.5. The van der Waals surface area contributed by atoms with Crippen molar-refractivity contribution in [3.8, 4) is 0 Å². The molecule has 2 aliphatic rings. The molecule has 0 spiro atoms. The molecule has 3 aromatic rings. The smallest absolute Gasteiger partial charge is 0.418 e. The summed E-state index contributed by atoms with van der Waals surface area (Å²) in [4.78, 5) is 13.1. The fourth-order valence-corrected chi connectivity index (χ4v) is 5.56. The molecule has 0 unspecified atom stereocenters. The van der Waals surface area contributed by atoms with Gasteiger partial charge in [-0.15, -0.1) is 11.3 Å². The number of amides is 1. The van der Waals surface area contributed by atoms with Crippen LogP contribution in [0.2, 0.25) is 0 Å². The Morgan fingerprint density at radius 3 is 2.75 bits per heavy atom. The average Bonchev–Trinajstić information content (AvgIpc) is 3.11. The Morgan fingerprint density at radius 1 is 1.07 bits per heavy atom. The van der Waals surface area contributed by atoms with E-state index in [1.54, 1.807) is 11.3 Å². The predicted molar refractivity (Wildman–Crippen MR) is 112 cm³/mol. The van der Waals surface area contributed by atoms with E-state index in [1.165, 1.54) is 27.6 Å². The number of nitrogens with zero attached hydrogens (tertiary/aromatic N) is 1. The maximum absolute atomic E-state index is 12.0. The number of carbonyl (C=O) groups is 1. The van der Waals surface area contributed by atoms with E-state index in [-0.39, 0.29) is 5.88 Å². The van der Waals surface area contributed by atoms with Gasteiger partial charge in [0.25, 0.3) is 0 Å². The Hall–Kier alpha value is -2.79. The molecular weight excluding hydrogens is 370 g/mol. The number of aliphatic hydroxyl groups excluding tert-OH is 1. The molecule has 1 aliphatic carbocycles. The molecule has 0 saturated carbocycles. The highest BCUT2D eigenvalue weighted by Gasteiger charge is 2.32. The van der Waals surface area contributed by atoms with E-state index in [1.807, 2.05) is 24.3 Å². The lowest BCUT2D eigenvalue weighted by molar-refractivity contribution is 0.198.